The summed E-state index contributed by atoms with van der Waals surface area (Å²) in [6.45, 7) is 6.20. The van der Waals surface area contributed by atoms with Gasteiger partial charge in [-0.25, -0.2) is 0 Å². The van der Waals surface area contributed by atoms with Crippen molar-refractivity contribution in [2.75, 3.05) is 19.6 Å². The van der Waals surface area contributed by atoms with Gasteiger partial charge in [-0.3, -0.25) is 14.5 Å². The molecule has 0 aromatic carbocycles. The van der Waals surface area contributed by atoms with Crippen LogP contribution in [0.1, 0.15) is 36.4 Å². The molecule has 104 valence electrons. The molecule has 1 aliphatic rings. The van der Waals surface area contributed by atoms with Crippen molar-refractivity contribution in [3.63, 3.8) is 0 Å². The van der Waals surface area contributed by atoms with Crippen LogP contribution >= 0.6 is 11.3 Å². The van der Waals surface area contributed by atoms with Gasteiger partial charge in [0.1, 0.15) is 0 Å². The van der Waals surface area contributed by atoms with E-state index in [4.69, 9.17) is 0 Å². The number of rotatable bonds is 5. The SMILES string of the molecule is CC1(C)C(=O)NCCN1CCCC(=O)c1cccs1. The van der Waals surface area contributed by atoms with Gasteiger partial charge in [0, 0.05) is 19.5 Å². The normalized spacial score (nSPS) is 19.2. The van der Waals surface area contributed by atoms with Crippen molar-refractivity contribution >= 4 is 23.0 Å². The van der Waals surface area contributed by atoms with E-state index in [1.807, 2.05) is 31.4 Å². The third-order valence-corrected chi connectivity index (χ3v) is 4.55. The first-order chi connectivity index (χ1) is 9.01. The number of piperazine rings is 1. The summed E-state index contributed by atoms with van der Waals surface area (Å²) in [5, 5.41) is 4.80. The zero-order valence-corrected chi connectivity index (χ0v) is 12.3. The third kappa shape index (κ3) is 3.22. The van der Waals surface area contributed by atoms with Crippen LogP contribution in [0.5, 0.6) is 0 Å². The van der Waals surface area contributed by atoms with E-state index >= 15 is 0 Å². The zero-order valence-electron chi connectivity index (χ0n) is 11.4. The van der Waals surface area contributed by atoms with E-state index in [1.165, 1.54) is 11.3 Å². The first kappa shape index (κ1) is 14.2. The summed E-state index contributed by atoms with van der Waals surface area (Å²) in [5.41, 5.74) is -0.468. The van der Waals surface area contributed by atoms with Crippen LogP contribution in [0.15, 0.2) is 17.5 Å². The Morgan fingerprint density at radius 3 is 3.00 bits per heavy atom. The van der Waals surface area contributed by atoms with Gasteiger partial charge in [-0.05, 0) is 38.3 Å². The lowest BCUT2D eigenvalue weighted by molar-refractivity contribution is -0.135. The van der Waals surface area contributed by atoms with Crippen molar-refractivity contribution in [3.05, 3.63) is 22.4 Å². The Labute approximate surface area is 117 Å². The van der Waals surface area contributed by atoms with E-state index in [0.717, 1.165) is 24.4 Å². The van der Waals surface area contributed by atoms with Crippen LogP contribution in [0.2, 0.25) is 0 Å². The van der Waals surface area contributed by atoms with Gasteiger partial charge in [-0.2, -0.15) is 0 Å². The molecule has 0 atom stereocenters. The van der Waals surface area contributed by atoms with E-state index in [9.17, 15) is 9.59 Å². The molecule has 0 radical (unpaired) electrons. The minimum absolute atomic E-state index is 0.0725. The highest BCUT2D eigenvalue weighted by atomic mass is 32.1. The van der Waals surface area contributed by atoms with Gasteiger partial charge in [-0.1, -0.05) is 6.07 Å². The number of ketones is 1. The van der Waals surface area contributed by atoms with Gasteiger partial charge in [0.05, 0.1) is 10.4 Å². The molecule has 1 aromatic rings. The van der Waals surface area contributed by atoms with Crippen molar-refractivity contribution in [3.8, 4) is 0 Å². The maximum absolute atomic E-state index is 11.9. The maximum Gasteiger partial charge on any atom is 0.239 e. The van der Waals surface area contributed by atoms with Crippen LogP contribution < -0.4 is 5.32 Å². The molecule has 1 amide bonds. The monoisotopic (exact) mass is 280 g/mol. The highest BCUT2D eigenvalue weighted by Crippen LogP contribution is 2.19. The van der Waals surface area contributed by atoms with E-state index in [1.54, 1.807) is 0 Å². The Bertz CT molecular complexity index is 454. The molecule has 4 nitrogen and oxygen atoms in total. The summed E-state index contributed by atoms with van der Waals surface area (Å²) >= 11 is 1.49. The van der Waals surface area contributed by atoms with Crippen LogP contribution in [-0.2, 0) is 4.79 Å². The molecule has 0 bridgehead atoms. The Kier molecular flexibility index (Phi) is 4.37. The molecule has 1 fully saturated rings. The summed E-state index contributed by atoms with van der Waals surface area (Å²) in [5.74, 6) is 0.276. The van der Waals surface area contributed by atoms with Crippen LogP contribution in [0, 0.1) is 0 Å². The number of amides is 1. The fourth-order valence-corrected chi connectivity index (χ4v) is 3.02. The second-order valence-electron chi connectivity index (χ2n) is 5.31. The molecule has 19 heavy (non-hydrogen) atoms. The molecule has 1 aliphatic heterocycles. The maximum atomic E-state index is 11.9. The number of thiophene rings is 1. The van der Waals surface area contributed by atoms with Gasteiger partial charge in [0.25, 0.3) is 0 Å². The molecule has 1 aromatic heterocycles. The predicted octanol–water partition coefficient (Wildman–Crippen LogP) is 1.92. The second kappa shape index (κ2) is 5.84. The molecule has 0 saturated carbocycles. The summed E-state index contributed by atoms with van der Waals surface area (Å²) in [4.78, 5) is 26.7. The molecule has 0 spiro atoms. The van der Waals surface area contributed by atoms with Crippen LogP contribution in [0.3, 0.4) is 0 Å². The minimum Gasteiger partial charge on any atom is -0.353 e. The highest BCUT2D eigenvalue weighted by molar-refractivity contribution is 7.12. The average molecular weight is 280 g/mol. The van der Waals surface area contributed by atoms with Crippen LogP contribution in [0.25, 0.3) is 0 Å². The standard InChI is InChI=1S/C14H20N2O2S/c1-14(2)13(18)15-7-9-16(14)8-3-5-11(17)12-6-4-10-19-12/h4,6,10H,3,5,7-9H2,1-2H3,(H,15,18). The first-order valence-corrected chi connectivity index (χ1v) is 7.50. The third-order valence-electron chi connectivity index (χ3n) is 3.64. The number of hydrogen-bond acceptors (Lipinski definition) is 4. The summed E-state index contributed by atoms with van der Waals surface area (Å²) < 4.78 is 0. The quantitative estimate of drug-likeness (QED) is 0.838. The van der Waals surface area contributed by atoms with E-state index in [-0.39, 0.29) is 11.7 Å². The molecule has 0 aliphatic carbocycles. The number of nitrogens with zero attached hydrogens (tertiary/aromatic N) is 1. The van der Waals surface area contributed by atoms with Gasteiger partial charge < -0.3 is 5.32 Å². The largest absolute Gasteiger partial charge is 0.353 e. The van der Waals surface area contributed by atoms with Gasteiger partial charge in [0.2, 0.25) is 5.91 Å². The summed E-state index contributed by atoms with van der Waals surface area (Å²) in [6.07, 6.45) is 1.35. The smallest absolute Gasteiger partial charge is 0.239 e. The van der Waals surface area contributed by atoms with Crippen molar-refractivity contribution in [2.45, 2.75) is 32.2 Å². The molecular formula is C14H20N2O2S. The lowest BCUT2D eigenvalue weighted by Gasteiger charge is -2.41. The van der Waals surface area contributed by atoms with Crippen LogP contribution in [0.4, 0.5) is 0 Å². The van der Waals surface area contributed by atoms with Gasteiger partial charge >= 0.3 is 0 Å². The molecule has 0 unspecified atom stereocenters. The van der Waals surface area contributed by atoms with E-state index in [0.29, 0.717) is 13.0 Å². The highest BCUT2D eigenvalue weighted by Gasteiger charge is 2.36. The van der Waals surface area contributed by atoms with Crippen molar-refractivity contribution < 1.29 is 9.59 Å². The zero-order chi connectivity index (χ0) is 13.9. The second-order valence-corrected chi connectivity index (χ2v) is 6.25. The fraction of sp³-hybridized carbons (Fsp3) is 0.571. The lowest BCUT2D eigenvalue weighted by Crippen LogP contribution is -2.61. The minimum atomic E-state index is -0.468. The number of carbonyl (C=O) groups excluding carboxylic acids is 2. The van der Waals surface area contributed by atoms with Crippen molar-refractivity contribution in [2.24, 2.45) is 0 Å². The topological polar surface area (TPSA) is 49.4 Å². The van der Waals surface area contributed by atoms with Crippen molar-refractivity contribution in [1.82, 2.24) is 10.2 Å². The van der Waals surface area contributed by atoms with Gasteiger partial charge in [0.15, 0.2) is 5.78 Å². The van der Waals surface area contributed by atoms with Gasteiger partial charge in [-0.15, -0.1) is 11.3 Å². The number of hydrogen-bond donors (Lipinski definition) is 1. The Balaban J connectivity index is 1.82. The molecule has 5 heteroatoms. The predicted molar refractivity (Wildman–Crippen MR) is 76.5 cm³/mol. The number of carbonyl (C=O) groups is 2. The first-order valence-electron chi connectivity index (χ1n) is 6.62. The molecule has 2 heterocycles. The van der Waals surface area contributed by atoms with Crippen LogP contribution in [-0.4, -0.2) is 41.8 Å². The van der Waals surface area contributed by atoms with E-state index < -0.39 is 5.54 Å². The van der Waals surface area contributed by atoms with Crippen molar-refractivity contribution in [1.29, 1.82) is 0 Å². The Hall–Kier alpha value is -1.20. The van der Waals surface area contributed by atoms with E-state index in [2.05, 4.69) is 10.2 Å². The Morgan fingerprint density at radius 2 is 2.32 bits per heavy atom. The number of nitrogens with one attached hydrogen (secondary N) is 1. The molecule has 1 N–H and O–H groups in total. The fourth-order valence-electron chi connectivity index (χ4n) is 2.33. The summed E-state index contributed by atoms with van der Waals surface area (Å²) in [6, 6.07) is 3.77. The average Bonchev–Trinajstić information content (AvgIpc) is 2.88. The Morgan fingerprint density at radius 1 is 1.53 bits per heavy atom. The number of Topliss-reactive ketones (excluding diaryl/α,β-unsaturated/α-hetero) is 1. The summed E-state index contributed by atoms with van der Waals surface area (Å²) in [7, 11) is 0. The molecule has 2 rings (SSSR count). The lowest BCUT2D eigenvalue weighted by atomic mass is 9.98. The molecule has 1 saturated heterocycles. The molecular weight excluding hydrogens is 260 g/mol.